The van der Waals surface area contributed by atoms with Crippen molar-refractivity contribution in [2.45, 2.75) is 32.1 Å². The van der Waals surface area contributed by atoms with Gasteiger partial charge in [0.25, 0.3) is 0 Å². The van der Waals surface area contributed by atoms with Crippen molar-refractivity contribution in [3.8, 4) is 11.5 Å². The van der Waals surface area contributed by atoms with E-state index in [1.165, 1.54) is 25.0 Å². The number of ether oxygens (including phenoxy) is 2. The molecule has 3 nitrogen and oxygen atoms in total. The van der Waals surface area contributed by atoms with Gasteiger partial charge in [0.2, 0.25) is 0 Å². The lowest BCUT2D eigenvalue weighted by atomic mass is 10.2. The number of nitrogens with zero attached hydrogens (tertiary/aromatic N) is 1. The third kappa shape index (κ3) is 2.98. The zero-order valence-corrected chi connectivity index (χ0v) is 11.1. The highest BCUT2D eigenvalue weighted by Gasteiger charge is 2.14. The summed E-state index contributed by atoms with van der Waals surface area (Å²) in [5.41, 5.74) is 2.20. The third-order valence-corrected chi connectivity index (χ3v) is 3.48. The van der Waals surface area contributed by atoms with Gasteiger partial charge >= 0.3 is 0 Å². The fourth-order valence-corrected chi connectivity index (χ4v) is 2.47. The van der Waals surface area contributed by atoms with Crippen LogP contribution in [0.2, 0.25) is 0 Å². The zero-order chi connectivity index (χ0) is 12.9. The Morgan fingerprint density at radius 3 is 3.00 bits per heavy atom. The second-order valence-electron chi connectivity index (χ2n) is 4.92. The van der Waals surface area contributed by atoms with Crippen LogP contribution in [0.15, 0.2) is 35.0 Å². The SMILES string of the molecule is C(=NC1=CCCCCC1)c1cccc2c1OCCO2. The van der Waals surface area contributed by atoms with Crippen LogP contribution in [-0.2, 0) is 0 Å². The number of para-hydroxylation sites is 1. The van der Waals surface area contributed by atoms with Crippen LogP contribution in [0.3, 0.4) is 0 Å². The molecule has 0 saturated carbocycles. The first-order chi connectivity index (χ1) is 9.43. The van der Waals surface area contributed by atoms with Gasteiger partial charge in [-0.05, 0) is 37.8 Å². The Morgan fingerprint density at radius 2 is 2.00 bits per heavy atom. The first kappa shape index (κ1) is 12.3. The standard InChI is InChI=1S/C16H19NO2/c1-2-4-8-14(7-3-1)17-12-13-6-5-9-15-16(13)19-11-10-18-15/h5-7,9,12H,1-4,8,10-11H2. The molecule has 0 spiro atoms. The maximum absolute atomic E-state index is 5.68. The Hall–Kier alpha value is -1.77. The van der Waals surface area contributed by atoms with E-state index in [0.717, 1.165) is 29.9 Å². The topological polar surface area (TPSA) is 30.8 Å². The minimum absolute atomic E-state index is 0.612. The highest BCUT2D eigenvalue weighted by molar-refractivity contribution is 5.85. The smallest absolute Gasteiger partial charge is 0.170 e. The van der Waals surface area contributed by atoms with Gasteiger partial charge in [-0.1, -0.05) is 18.6 Å². The molecule has 0 bridgehead atoms. The summed E-state index contributed by atoms with van der Waals surface area (Å²) in [6.45, 7) is 1.24. The molecular weight excluding hydrogens is 238 g/mol. The largest absolute Gasteiger partial charge is 0.486 e. The molecular formula is C16H19NO2. The lowest BCUT2D eigenvalue weighted by Gasteiger charge is -2.19. The lowest BCUT2D eigenvalue weighted by molar-refractivity contribution is 0.171. The van der Waals surface area contributed by atoms with Crippen LogP contribution < -0.4 is 9.47 Å². The highest BCUT2D eigenvalue weighted by Crippen LogP contribution is 2.32. The van der Waals surface area contributed by atoms with Gasteiger partial charge in [0, 0.05) is 17.5 Å². The second kappa shape index (κ2) is 5.91. The van der Waals surface area contributed by atoms with E-state index in [2.05, 4.69) is 11.1 Å². The maximum Gasteiger partial charge on any atom is 0.170 e. The van der Waals surface area contributed by atoms with E-state index in [4.69, 9.17) is 9.47 Å². The molecule has 0 atom stereocenters. The van der Waals surface area contributed by atoms with Crippen LogP contribution in [0.5, 0.6) is 11.5 Å². The summed E-state index contributed by atoms with van der Waals surface area (Å²) in [6, 6.07) is 5.95. The van der Waals surface area contributed by atoms with E-state index in [0.29, 0.717) is 13.2 Å². The predicted octanol–water partition coefficient (Wildman–Crippen LogP) is 3.72. The van der Waals surface area contributed by atoms with Crippen molar-refractivity contribution in [3.63, 3.8) is 0 Å². The first-order valence-corrected chi connectivity index (χ1v) is 7.05. The monoisotopic (exact) mass is 257 g/mol. The van der Waals surface area contributed by atoms with Crippen molar-refractivity contribution >= 4 is 6.21 Å². The Bertz CT molecular complexity index is 505. The van der Waals surface area contributed by atoms with Crippen molar-refractivity contribution in [2.24, 2.45) is 4.99 Å². The normalized spacial score (nSPS) is 19.1. The molecule has 3 rings (SSSR count). The molecule has 0 amide bonds. The third-order valence-electron chi connectivity index (χ3n) is 3.48. The van der Waals surface area contributed by atoms with Crippen molar-refractivity contribution in [3.05, 3.63) is 35.5 Å². The van der Waals surface area contributed by atoms with Crippen molar-refractivity contribution in [1.82, 2.24) is 0 Å². The number of fused-ring (bicyclic) bond motifs is 1. The molecule has 1 aromatic carbocycles. The number of benzene rings is 1. The van der Waals surface area contributed by atoms with Crippen LogP contribution >= 0.6 is 0 Å². The van der Waals surface area contributed by atoms with E-state index in [1.54, 1.807) is 0 Å². The predicted molar refractivity (Wildman–Crippen MR) is 76.2 cm³/mol. The number of aliphatic imine (C=N–C) groups is 1. The summed E-state index contributed by atoms with van der Waals surface area (Å²) < 4.78 is 11.3. The lowest BCUT2D eigenvalue weighted by Crippen LogP contribution is -2.16. The number of allylic oxidation sites excluding steroid dienone is 2. The molecule has 1 aromatic rings. The van der Waals surface area contributed by atoms with Crippen LogP contribution in [0, 0.1) is 0 Å². The summed E-state index contributed by atoms with van der Waals surface area (Å²) in [5.74, 6) is 1.65. The first-order valence-electron chi connectivity index (χ1n) is 7.05. The molecule has 0 N–H and O–H groups in total. The molecule has 19 heavy (non-hydrogen) atoms. The van der Waals surface area contributed by atoms with Crippen LogP contribution in [-0.4, -0.2) is 19.4 Å². The Labute approximate surface area is 114 Å². The Morgan fingerprint density at radius 1 is 1.05 bits per heavy atom. The van der Waals surface area contributed by atoms with E-state index in [1.807, 2.05) is 24.4 Å². The molecule has 0 fully saturated rings. The van der Waals surface area contributed by atoms with Crippen LogP contribution in [0.1, 0.15) is 37.7 Å². The summed E-state index contributed by atoms with van der Waals surface area (Å²) in [4.78, 5) is 4.62. The molecule has 0 saturated heterocycles. The van der Waals surface area contributed by atoms with E-state index in [-0.39, 0.29) is 0 Å². The van der Waals surface area contributed by atoms with Gasteiger partial charge in [-0.2, -0.15) is 0 Å². The summed E-state index contributed by atoms with van der Waals surface area (Å²) in [7, 11) is 0. The fraction of sp³-hybridized carbons (Fsp3) is 0.438. The minimum atomic E-state index is 0.612. The number of hydrogen-bond acceptors (Lipinski definition) is 3. The molecule has 3 heteroatoms. The maximum atomic E-state index is 5.68. The van der Waals surface area contributed by atoms with Crippen LogP contribution in [0.25, 0.3) is 0 Å². The molecule has 1 heterocycles. The van der Waals surface area contributed by atoms with Gasteiger partial charge in [-0.25, -0.2) is 0 Å². The van der Waals surface area contributed by atoms with Gasteiger partial charge < -0.3 is 9.47 Å². The average Bonchev–Trinajstić information content (AvgIpc) is 2.74. The second-order valence-corrected chi connectivity index (χ2v) is 4.92. The quantitative estimate of drug-likeness (QED) is 0.756. The Balaban J connectivity index is 1.81. The Kier molecular flexibility index (Phi) is 3.82. The summed E-state index contributed by atoms with van der Waals surface area (Å²) in [6.07, 6.45) is 10.3. The van der Waals surface area contributed by atoms with Gasteiger partial charge in [0.05, 0.1) is 0 Å². The van der Waals surface area contributed by atoms with E-state index in [9.17, 15) is 0 Å². The molecule has 100 valence electrons. The van der Waals surface area contributed by atoms with Crippen molar-refractivity contribution < 1.29 is 9.47 Å². The fourth-order valence-electron chi connectivity index (χ4n) is 2.47. The van der Waals surface area contributed by atoms with E-state index < -0.39 is 0 Å². The van der Waals surface area contributed by atoms with Crippen molar-refractivity contribution in [1.29, 1.82) is 0 Å². The van der Waals surface area contributed by atoms with Gasteiger partial charge in [0.1, 0.15) is 13.2 Å². The molecule has 1 aliphatic carbocycles. The molecule has 0 radical (unpaired) electrons. The average molecular weight is 257 g/mol. The highest BCUT2D eigenvalue weighted by atomic mass is 16.6. The minimum Gasteiger partial charge on any atom is -0.486 e. The molecule has 1 aliphatic heterocycles. The molecule has 2 aliphatic rings. The number of rotatable bonds is 2. The van der Waals surface area contributed by atoms with Crippen LogP contribution in [0.4, 0.5) is 0 Å². The molecule has 0 unspecified atom stereocenters. The van der Waals surface area contributed by atoms with Gasteiger partial charge in [-0.3, -0.25) is 4.99 Å². The molecule has 0 aromatic heterocycles. The van der Waals surface area contributed by atoms with Gasteiger partial charge in [0.15, 0.2) is 11.5 Å². The summed E-state index contributed by atoms with van der Waals surface area (Å²) >= 11 is 0. The zero-order valence-electron chi connectivity index (χ0n) is 11.1. The van der Waals surface area contributed by atoms with E-state index >= 15 is 0 Å². The summed E-state index contributed by atoms with van der Waals surface area (Å²) in [5, 5.41) is 0. The number of hydrogen-bond donors (Lipinski definition) is 0. The van der Waals surface area contributed by atoms with Gasteiger partial charge in [-0.15, -0.1) is 0 Å². The van der Waals surface area contributed by atoms with Crippen molar-refractivity contribution in [2.75, 3.05) is 13.2 Å².